The maximum atomic E-state index is 4.64. The van der Waals surface area contributed by atoms with Crippen LogP contribution in [0.15, 0.2) is 18.3 Å². The lowest BCUT2D eigenvalue weighted by molar-refractivity contribution is 0.297. The minimum absolute atomic E-state index is 0.618. The number of anilines is 3. The van der Waals surface area contributed by atoms with Crippen LogP contribution in [0, 0.1) is 5.92 Å². The van der Waals surface area contributed by atoms with Crippen molar-refractivity contribution in [1.29, 1.82) is 0 Å². The van der Waals surface area contributed by atoms with Gasteiger partial charge in [-0.25, -0.2) is 4.98 Å². The van der Waals surface area contributed by atoms with Crippen molar-refractivity contribution in [3.63, 3.8) is 0 Å². The van der Waals surface area contributed by atoms with E-state index in [1.807, 2.05) is 12.3 Å². The summed E-state index contributed by atoms with van der Waals surface area (Å²) in [6, 6.07) is 4.59. The molecule has 22 heavy (non-hydrogen) atoms. The second kappa shape index (κ2) is 4.67. The molecule has 7 nitrogen and oxygen atoms in total. The molecule has 2 aromatic heterocycles. The van der Waals surface area contributed by atoms with Crippen LogP contribution in [0.4, 0.5) is 17.6 Å². The van der Waals surface area contributed by atoms with Crippen molar-refractivity contribution in [2.24, 2.45) is 5.92 Å². The smallest absolute Gasteiger partial charge is 0.227 e. The van der Waals surface area contributed by atoms with E-state index in [0.29, 0.717) is 12.0 Å². The Kier molecular flexibility index (Phi) is 2.63. The molecule has 2 aromatic rings. The van der Waals surface area contributed by atoms with E-state index in [4.69, 9.17) is 0 Å². The second-order valence-corrected chi connectivity index (χ2v) is 6.53. The first kappa shape index (κ1) is 12.4. The quantitative estimate of drug-likeness (QED) is 0.787. The van der Waals surface area contributed by atoms with E-state index in [-0.39, 0.29) is 0 Å². The van der Waals surface area contributed by atoms with Gasteiger partial charge in [0, 0.05) is 55.5 Å². The first-order valence-electron chi connectivity index (χ1n) is 7.99. The number of aromatic amines is 1. The summed E-state index contributed by atoms with van der Waals surface area (Å²) in [7, 11) is 0. The molecule has 2 aliphatic heterocycles. The maximum Gasteiger partial charge on any atom is 0.227 e. The first-order valence-corrected chi connectivity index (χ1v) is 7.99. The molecule has 3 aliphatic rings. The number of aromatic nitrogens is 4. The van der Waals surface area contributed by atoms with Crippen molar-refractivity contribution in [2.75, 3.05) is 29.9 Å². The topological polar surface area (TPSA) is 81.8 Å². The lowest BCUT2D eigenvalue weighted by Crippen LogP contribution is -2.51. The fraction of sp³-hybridized carbons (Fsp3) is 0.533. The fourth-order valence-electron chi connectivity index (χ4n) is 3.32. The zero-order valence-electron chi connectivity index (χ0n) is 12.3. The van der Waals surface area contributed by atoms with E-state index >= 15 is 0 Å². The predicted octanol–water partition coefficient (Wildman–Crippen LogP) is 1.23. The van der Waals surface area contributed by atoms with Crippen molar-refractivity contribution in [3.8, 4) is 0 Å². The van der Waals surface area contributed by atoms with Gasteiger partial charge in [0.2, 0.25) is 5.95 Å². The van der Waals surface area contributed by atoms with E-state index in [2.05, 4.69) is 41.8 Å². The zero-order valence-corrected chi connectivity index (χ0v) is 12.3. The van der Waals surface area contributed by atoms with Crippen LogP contribution in [-0.2, 0) is 0 Å². The zero-order chi connectivity index (χ0) is 14.5. The summed E-state index contributed by atoms with van der Waals surface area (Å²) in [6.45, 7) is 3.17. The Bertz CT molecular complexity index is 681. The standard InChI is InChI=1S/C15H19N7/c1-2-9(1)11-5-14(21-20-11)18-13-3-4-16-15(19-13)22-7-10-6-17-12(10)8-22/h3-5,9-10,12,17H,1-2,6-8H2,(H2,16,18,19,20,21)/t10-,12+/m1/s1. The van der Waals surface area contributed by atoms with Crippen molar-refractivity contribution >= 4 is 17.6 Å². The molecular formula is C15H19N7. The van der Waals surface area contributed by atoms with Gasteiger partial charge in [-0.2, -0.15) is 10.1 Å². The van der Waals surface area contributed by atoms with E-state index < -0.39 is 0 Å². The van der Waals surface area contributed by atoms with Gasteiger partial charge in [-0.1, -0.05) is 0 Å². The molecule has 2 saturated heterocycles. The molecule has 114 valence electrons. The van der Waals surface area contributed by atoms with Crippen molar-refractivity contribution in [2.45, 2.75) is 24.8 Å². The van der Waals surface area contributed by atoms with Gasteiger partial charge in [-0.3, -0.25) is 5.10 Å². The Morgan fingerprint density at radius 2 is 2.18 bits per heavy atom. The molecule has 3 N–H and O–H groups in total. The van der Waals surface area contributed by atoms with Gasteiger partial charge in [-0.05, 0) is 18.9 Å². The van der Waals surface area contributed by atoms with Crippen LogP contribution in [0.3, 0.4) is 0 Å². The molecule has 7 heteroatoms. The highest BCUT2D eigenvalue weighted by molar-refractivity contribution is 5.54. The lowest BCUT2D eigenvalue weighted by atomic mass is 9.96. The highest BCUT2D eigenvalue weighted by Gasteiger charge is 2.39. The maximum absolute atomic E-state index is 4.64. The summed E-state index contributed by atoms with van der Waals surface area (Å²) < 4.78 is 0. The molecule has 1 aliphatic carbocycles. The molecule has 0 unspecified atom stereocenters. The van der Waals surface area contributed by atoms with Gasteiger partial charge < -0.3 is 15.5 Å². The van der Waals surface area contributed by atoms with Gasteiger partial charge in [0.15, 0.2) is 5.82 Å². The summed E-state index contributed by atoms with van der Waals surface area (Å²) >= 11 is 0. The van der Waals surface area contributed by atoms with Crippen molar-refractivity contribution in [3.05, 3.63) is 24.0 Å². The first-order chi connectivity index (χ1) is 10.8. The summed E-state index contributed by atoms with van der Waals surface area (Å²) in [5.41, 5.74) is 1.22. The van der Waals surface area contributed by atoms with Crippen LogP contribution < -0.4 is 15.5 Å². The Morgan fingerprint density at radius 3 is 2.91 bits per heavy atom. The molecule has 2 atom stereocenters. The average Bonchev–Trinajstić information content (AvgIpc) is 3.19. The Morgan fingerprint density at radius 1 is 1.23 bits per heavy atom. The highest BCUT2D eigenvalue weighted by Crippen LogP contribution is 2.39. The number of hydrogen-bond donors (Lipinski definition) is 3. The molecule has 0 aromatic carbocycles. The van der Waals surface area contributed by atoms with Crippen LogP contribution >= 0.6 is 0 Å². The Hall–Kier alpha value is -2.15. The van der Waals surface area contributed by atoms with Gasteiger partial charge in [0.25, 0.3) is 0 Å². The number of rotatable bonds is 4. The van der Waals surface area contributed by atoms with Crippen LogP contribution in [0.2, 0.25) is 0 Å². The van der Waals surface area contributed by atoms with Crippen LogP contribution in [0.1, 0.15) is 24.5 Å². The summed E-state index contributed by atoms with van der Waals surface area (Å²) in [4.78, 5) is 11.3. The lowest BCUT2D eigenvalue weighted by Gasteiger charge is -2.29. The SMILES string of the molecule is c1cc(Nc2cc(C3CC3)[nH]n2)nc(N2C[C@H]3CN[C@H]3C2)n1. The number of H-pyrrole nitrogens is 1. The third-order valence-corrected chi connectivity index (χ3v) is 4.88. The predicted molar refractivity (Wildman–Crippen MR) is 83.4 cm³/mol. The van der Waals surface area contributed by atoms with E-state index in [9.17, 15) is 0 Å². The molecule has 3 fully saturated rings. The monoisotopic (exact) mass is 297 g/mol. The van der Waals surface area contributed by atoms with Crippen LogP contribution in [-0.4, -0.2) is 45.8 Å². The third kappa shape index (κ3) is 2.12. The van der Waals surface area contributed by atoms with Gasteiger partial charge >= 0.3 is 0 Å². The van der Waals surface area contributed by atoms with Crippen LogP contribution in [0.25, 0.3) is 0 Å². The normalized spacial score (nSPS) is 26.6. The Balaban J connectivity index is 1.32. The second-order valence-electron chi connectivity index (χ2n) is 6.53. The average molecular weight is 297 g/mol. The van der Waals surface area contributed by atoms with Crippen molar-refractivity contribution in [1.82, 2.24) is 25.5 Å². The molecule has 0 amide bonds. The molecule has 4 heterocycles. The molecule has 1 saturated carbocycles. The molecule has 5 rings (SSSR count). The number of nitrogens with one attached hydrogen (secondary N) is 3. The van der Waals surface area contributed by atoms with Gasteiger partial charge in [0.1, 0.15) is 5.82 Å². The number of hydrogen-bond acceptors (Lipinski definition) is 6. The number of nitrogens with zero attached hydrogens (tertiary/aromatic N) is 4. The molecular weight excluding hydrogens is 278 g/mol. The highest BCUT2D eigenvalue weighted by atomic mass is 15.3. The van der Waals surface area contributed by atoms with E-state index in [1.165, 1.54) is 18.5 Å². The molecule has 0 spiro atoms. The minimum atomic E-state index is 0.618. The third-order valence-electron chi connectivity index (χ3n) is 4.88. The molecule has 0 radical (unpaired) electrons. The summed E-state index contributed by atoms with van der Waals surface area (Å²) in [6.07, 6.45) is 4.35. The number of fused-ring (bicyclic) bond motifs is 1. The Labute approximate surface area is 128 Å². The van der Waals surface area contributed by atoms with E-state index in [1.54, 1.807) is 0 Å². The largest absolute Gasteiger partial charge is 0.339 e. The van der Waals surface area contributed by atoms with E-state index in [0.717, 1.165) is 43.1 Å². The van der Waals surface area contributed by atoms with Crippen LogP contribution in [0.5, 0.6) is 0 Å². The van der Waals surface area contributed by atoms with Gasteiger partial charge in [-0.15, -0.1) is 0 Å². The summed E-state index contributed by atoms with van der Waals surface area (Å²) in [5.74, 6) is 3.86. The fourth-order valence-corrected chi connectivity index (χ4v) is 3.32. The molecule has 0 bridgehead atoms. The minimum Gasteiger partial charge on any atom is -0.339 e. The summed E-state index contributed by atoms with van der Waals surface area (Å²) in [5, 5.41) is 14.1. The van der Waals surface area contributed by atoms with Gasteiger partial charge in [0.05, 0.1) is 0 Å². The van der Waals surface area contributed by atoms with Crippen molar-refractivity contribution < 1.29 is 0 Å².